The Morgan fingerprint density at radius 2 is 2.06 bits per heavy atom. The van der Waals surface area contributed by atoms with Crippen LogP contribution in [0.2, 0.25) is 0 Å². The Hall–Kier alpha value is -1.91. The van der Waals surface area contributed by atoms with E-state index in [1.807, 2.05) is 0 Å². The van der Waals surface area contributed by atoms with E-state index < -0.39 is 11.4 Å². The maximum atomic E-state index is 13.8. The fourth-order valence-corrected chi connectivity index (χ4v) is 2.22. The summed E-state index contributed by atoms with van der Waals surface area (Å²) in [7, 11) is 1.39. The first-order valence-corrected chi connectivity index (χ1v) is 5.97. The van der Waals surface area contributed by atoms with E-state index in [0.29, 0.717) is 18.0 Å². The molecule has 2 aromatic rings. The van der Waals surface area contributed by atoms with Gasteiger partial charge in [0.1, 0.15) is 5.82 Å². The van der Waals surface area contributed by atoms with Gasteiger partial charge in [0.05, 0.1) is 10.9 Å². The maximum Gasteiger partial charge on any atom is 0.331 e. The van der Waals surface area contributed by atoms with Crippen LogP contribution in [0.1, 0.15) is 12.8 Å². The molecule has 4 nitrogen and oxygen atoms in total. The average Bonchev–Trinajstić information content (AvgIpc) is 3.15. The number of fused-ring (bicyclic) bond motifs is 1. The van der Waals surface area contributed by atoms with Gasteiger partial charge in [-0.1, -0.05) is 6.07 Å². The van der Waals surface area contributed by atoms with Crippen molar-refractivity contribution in [3.05, 3.63) is 44.9 Å². The van der Waals surface area contributed by atoms with Crippen LogP contribution in [0.5, 0.6) is 0 Å². The highest BCUT2D eigenvalue weighted by atomic mass is 19.1. The van der Waals surface area contributed by atoms with Crippen molar-refractivity contribution in [3.63, 3.8) is 0 Å². The van der Waals surface area contributed by atoms with E-state index >= 15 is 0 Å². The Kier molecular flexibility index (Phi) is 2.36. The second kappa shape index (κ2) is 3.80. The number of hydrogen-bond acceptors (Lipinski definition) is 2. The molecule has 0 unspecified atom stereocenters. The van der Waals surface area contributed by atoms with Gasteiger partial charge in [-0.25, -0.2) is 9.18 Å². The van der Waals surface area contributed by atoms with Gasteiger partial charge in [0.15, 0.2) is 0 Å². The zero-order valence-corrected chi connectivity index (χ0v) is 10.0. The van der Waals surface area contributed by atoms with Gasteiger partial charge in [-0.15, -0.1) is 0 Å². The highest BCUT2D eigenvalue weighted by Crippen LogP contribution is 2.30. The van der Waals surface area contributed by atoms with Gasteiger partial charge < -0.3 is 0 Å². The topological polar surface area (TPSA) is 44.0 Å². The van der Waals surface area contributed by atoms with Crippen LogP contribution in [-0.2, 0) is 13.6 Å². The fraction of sp³-hybridized carbons (Fsp3) is 0.385. The molecule has 1 aliphatic carbocycles. The van der Waals surface area contributed by atoms with Crippen LogP contribution in [0, 0.1) is 11.7 Å². The molecular weight excluding hydrogens is 235 g/mol. The molecular formula is C13H13FN2O2. The molecule has 1 heterocycles. The molecule has 94 valence electrons. The minimum absolute atomic E-state index is 0.000231. The Bertz CT molecular complexity index is 741. The highest BCUT2D eigenvalue weighted by molar-refractivity contribution is 5.78. The molecule has 3 rings (SSSR count). The minimum Gasteiger partial charge on any atom is -0.293 e. The van der Waals surface area contributed by atoms with Gasteiger partial charge >= 0.3 is 5.69 Å². The number of rotatable bonds is 2. The molecule has 0 atom stereocenters. The average molecular weight is 248 g/mol. The lowest BCUT2D eigenvalue weighted by molar-refractivity contribution is 0.575. The summed E-state index contributed by atoms with van der Waals surface area (Å²) in [5.74, 6) is -0.0932. The van der Waals surface area contributed by atoms with Gasteiger partial charge in [-0.05, 0) is 30.9 Å². The van der Waals surface area contributed by atoms with E-state index in [0.717, 1.165) is 17.4 Å². The summed E-state index contributed by atoms with van der Waals surface area (Å²) >= 11 is 0. The molecule has 18 heavy (non-hydrogen) atoms. The van der Waals surface area contributed by atoms with Crippen LogP contribution >= 0.6 is 0 Å². The summed E-state index contributed by atoms with van der Waals surface area (Å²) < 4.78 is 16.3. The lowest BCUT2D eigenvalue weighted by atomic mass is 10.2. The lowest BCUT2D eigenvalue weighted by Gasteiger charge is -2.11. The smallest absolute Gasteiger partial charge is 0.293 e. The van der Waals surface area contributed by atoms with Crippen LogP contribution in [0.25, 0.3) is 10.9 Å². The summed E-state index contributed by atoms with van der Waals surface area (Å²) in [4.78, 5) is 24.0. The van der Waals surface area contributed by atoms with Crippen LogP contribution in [0.4, 0.5) is 4.39 Å². The Morgan fingerprint density at radius 3 is 2.72 bits per heavy atom. The van der Waals surface area contributed by atoms with Crippen molar-refractivity contribution in [1.29, 1.82) is 0 Å². The van der Waals surface area contributed by atoms with Crippen molar-refractivity contribution in [1.82, 2.24) is 9.13 Å². The molecule has 0 spiro atoms. The summed E-state index contributed by atoms with van der Waals surface area (Å²) in [6.45, 7) is 0.562. The second-order valence-electron chi connectivity index (χ2n) is 4.83. The zero-order chi connectivity index (χ0) is 12.9. The molecule has 5 heteroatoms. The molecule has 0 amide bonds. The van der Waals surface area contributed by atoms with Gasteiger partial charge in [0.2, 0.25) is 0 Å². The second-order valence-corrected chi connectivity index (χ2v) is 4.83. The third-order valence-electron chi connectivity index (χ3n) is 3.46. The first kappa shape index (κ1) is 11.2. The fourth-order valence-electron chi connectivity index (χ4n) is 2.22. The van der Waals surface area contributed by atoms with Crippen LogP contribution < -0.4 is 11.2 Å². The molecule has 1 fully saturated rings. The third kappa shape index (κ3) is 1.58. The molecule has 1 aromatic heterocycles. The molecule has 0 radical (unpaired) electrons. The van der Waals surface area contributed by atoms with E-state index in [1.165, 1.54) is 23.7 Å². The quantitative estimate of drug-likeness (QED) is 0.802. The number of halogens is 1. The maximum absolute atomic E-state index is 13.8. The Balaban J connectivity index is 2.42. The summed E-state index contributed by atoms with van der Waals surface area (Å²) in [6, 6.07) is 4.40. The molecule has 1 aliphatic rings. The number of hydrogen-bond donors (Lipinski definition) is 0. The van der Waals surface area contributed by atoms with E-state index in [4.69, 9.17) is 0 Å². The standard InChI is InChI=1S/C13H13FN2O2/c1-15-12(17)11-9(14)3-2-4-10(11)16(13(15)18)7-8-5-6-8/h2-4,8H,5-7H2,1H3. The van der Waals surface area contributed by atoms with Crippen molar-refractivity contribution in [3.8, 4) is 0 Å². The molecule has 0 aliphatic heterocycles. The highest BCUT2D eigenvalue weighted by Gasteiger charge is 2.24. The van der Waals surface area contributed by atoms with Gasteiger partial charge in [-0.2, -0.15) is 0 Å². The van der Waals surface area contributed by atoms with E-state index in [2.05, 4.69) is 0 Å². The van der Waals surface area contributed by atoms with Crippen molar-refractivity contribution in [2.24, 2.45) is 13.0 Å². The Labute approximate surface area is 102 Å². The van der Waals surface area contributed by atoms with Crippen LogP contribution in [0.3, 0.4) is 0 Å². The summed E-state index contributed by atoms with van der Waals surface area (Å²) in [5, 5.41) is 0.000231. The van der Waals surface area contributed by atoms with Crippen molar-refractivity contribution < 1.29 is 4.39 Å². The van der Waals surface area contributed by atoms with Crippen LogP contribution in [-0.4, -0.2) is 9.13 Å². The minimum atomic E-state index is -0.572. The third-order valence-corrected chi connectivity index (χ3v) is 3.46. The molecule has 1 aromatic carbocycles. The van der Waals surface area contributed by atoms with Gasteiger partial charge in [0.25, 0.3) is 5.56 Å². The monoisotopic (exact) mass is 248 g/mol. The molecule has 1 saturated carbocycles. The summed E-state index contributed by atoms with van der Waals surface area (Å²) in [5.41, 5.74) is -0.542. The predicted octanol–water partition coefficient (Wildman–Crippen LogP) is 1.25. The van der Waals surface area contributed by atoms with Gasteiger partial charge in [-0.3, -0.25) is 13.9 Å². The van der Waals surface area contributed by atoms with Gasteiger partial charge in [0, 0.05) is 13.6 Å². The van der Waals surface area contributed by atoms with E-state index in [9.17, 15) is 14.0 Å². The van der Waals surface area contributed by atoms with Crippen molar-refractivity contribution in [2.75, 3.05) is 0 Å². The largest absolute Gasteiger partial charge is 0.331 e. The number of benzene rings is 1. The predicted molar refractivity (Wildman–Crippen MR) is 66.1 cm³/mol. The Morgan fingerprint density at radius 1 is 1.33 bits per heavy atom. The summed E-state index contributed by atoms with van der Waals surface area (Å²) in [6.07, 6.45) is 2.18. The normalized spacial score (nSPS) is 15.2. The van der Waals surface area contributed by atoms with E-state index in [-0.39, 0.29) is 11.1 Å². The number of nitrogens with zero attached hydrogens (tertiary/aromatic N) is 2. The van der Waals surface area contributed by atoms with Crippen molar-refractivity contribution in [2.45, 2.75) is 19.4 Å². The molecule has 0 bridgehead atoms. The van der Waals surface area contributed by atoms with E-state index in [1.54, 1.807) is 6.07 Å². The first-order chi connectivity index (χ1) is 8.59. The first-order valence-electron chi connectivity index (χ1n) is 5.97. The van der Waals surface area contributed by atoms with Crippen molar-refractivity contribution >= 4 is 10.9 Å². The van der Waals surface area contributed by atoms with Crippen LogP contribution in [0.15, 0.2) is 27.8 Å². The number of aromatic nitrogens is 2. The molecule has 0 saturated heterocycles. The zero-order valence-electron chi connectivity index (χ0n) is 10.0. The molecule has 0 N–H and O–H groups in total. The SMILES string of the molecule is Cn1c(=O)c2c(F)cccc2n(CC2CC2)c1=O. The lowest BCUT2D eigenvalue weighted by Crippen LogP contribution is -2.38.